The van der Waals surface area contributed by atoms with Crippen LogP contribution < -0.4 is 15.9 Å². The maximum Gasteiger partial charge on any atom is 0.366 e. The molecule has 126 valence electrons. The van der Waals surface area contributed by atoms with E-state index in [1.54, 1.807) is 5.80 Å². The number of benzene rings is 3. The summed E-state index contributed by atoms with van der Waals surface area (Å²) in [4.78, 5) is 21.8. The van der Waals surface area contributed by atoms with E-state index in [9.17, 15) is 4.79 Å². The van der Waals surface area contributed by atoms with Crippen LogP contribution in [-0.4, -0.2) is 18.9 Å². The second-order valence-corrected chi connectivity index (χ2v) is 8.68. The van der Waals surface area contributed by atoms with Crippen LogP contribution >= 0.6 is 6.89 Å². The molecular formula is C21H19O3P. The summed E-state index contributed by atoms with van der Waals surface area (Å²) >= 11 is 0. The fourth-order valence-corrected chi connectivity index (χ4v) is 6.55. The fraction of sp³-hybridized carbons (Fsp3) is 0.0476. The molecule has 4 heteroatoms. The maximum absolute atomic E-state index is 12.4. The largest absolute Gasteiger partial charge is 0.366 e. The highest BCUT2D eigenvalue weighted by atomic mass is 31.2. The molecule has 0 unspecified atom stereocenters. The highest BCUT2D eigenvalue weighted by Gasteiger charge is 2.26. The second kappa shape index (κ2) is 7.98. The third-order valence-corrected chi connectivity index (χ3v) is 7.89. The Hall–Kier alpha value is -2.61. The Morgan fingerprint density at radius 1 is 0.720 bits per heavy atom. The van der Waals surface area contributed by atoms with E-state index >= 15 is 0 Å². The standard InChI is InChI=1S/C21H19O3P/c1-23-24-21(22)17-25(18-11-5-2-6-12-18,19-13-7-3-8-14-19)20-15-9-4-10-16-20/h2-17H,1H3. The molecule has 3 aromatic carbocycles. The van der Waals surface area contributed by atoms with E-state index < -0.39 is 12.9 Å². The molecule has 0 aliphatic rings. The van der Waals surface area contributed by atoms with Gasteiger partial charge in [0, 0.05) is 5.80 Å². The molecule has 0 spiro atoms. The Balaban J connectivity index is 2.38. The first-order valence-corrected chi connectivity index (χ1v) is 9.79. The number of hydrogen-bond acceptors (Lipinski definition) is 3. The van der Waals surface area contributed by atoms with E-state index in [2.05, 4.69) is 41.3 Å². The molecule has 0 saturated carbocycles. The normalized spacial score (nSPS) is 10.9. The first kappa shape index (κ1) is 17.2. The lowest BCUT2D eigenvalue weighted by molar-refractivity contribution is -0.246. The zero-order valence-corrected chi connectivity index (χ0v) is 14.8. The molecule has 0 aliphatic heterocycles. The van der Waals surface area contributed by atoms with Crippen LogP contribution in [0, 0.1) is 0 Å². The van der Waals surface area contributed by atoms with Crippen LogP contribution in [0.2, 0.25) is 0 Å². The van der Waals surface area contributed by atoms with Gasteiger partial charge in [0.1, 0.15) is 0 Å². The maximum atomic E-state index is 12.4. The van der Waals surface area contributed by atoms with E-state index in [1.165, 1.54) is 7.11 Å². The van der Waals surface area contributed by atoms with Crippen molar-refractivity contribution in [2.75, 3.05) is 7.11 Å². The van der Waals surface area contributed by atoms with Crippen LogP contribution in [0.4, 0.5) is 0 Å². The van der Waals surface area contributed by atoms with Crippen molar-refractivity contribution in [3.63, 3.8) is 0 Å². The summed E-state index contributed by atoms with van der Waals surface area (Å²) in [5, 5.41) is 3.25. The predicted octanol–water partition coefficient (Wildman–Crippen LogP) is 2.89. The molecule has 0 radical (unpaired) electrons. The van der Waals surface area contributed by atoms with Crippen molar-refractivity contribution in [2.45, 2.75) is 0 Å². The Kier molecular flexibility index (Phi) is 5.49. The molecule has 25 heavy (non-hydrogen) atoms. The minimum absolute atomic E-state index is 0.493. The third-order valence-electron chi connectivity index (χ3n) is 3.95. The van der Waals surface area contributed by atoms with Gasteiger partial charge >= 0.3 is 5.97 Å². The van der Waals surface area contributed by atoms with Gasteiger partial charge in [-0.05, 0) is 22.8 Å². The van der Waals surface area contributed by atoms with Crippen LogP contribution in [0.25, 0.3) is 0 Å². The van der Waals surface area contributed by atoms with Gasteiger partial charge in [-0.2, -0.15) is 4.89 Å². The van der Waals surface area contributed by atoms with Crippen molar-refractivity contribution in [1.82, 2.24) is 0 Å². The van der Waals surface area contributed by atoms with Crippen molar-refractivity contribution in [3.8, 4) is 0 Å². The van der Waals surface area contributed by atoms with Gasteiger partial charge < -0.3 is 0 Å². The molecular weight excluding hydrogens is 331 g/mol. The summed E-state index contributed by atoms with van der Waals surface area (Å²) in [6, 6.07) is 30.2. The average Bonchev–Trinajstić information content (AvgIpc) is 2.68. The lowest BCUT2D eigenvalue weighted by Gasteiger charge is -2.27. The Labute approximate surface area is 147 Å². The fourth-order valence-electron chi connectivity index (χ4n) is 2.92. The van der Waals surface area contributed by atoms with Gasteiger partial charge in [-0.15, -0.1) is 0 Å². The van der Waals surface area contributed by atoms with E-state index in [0.29, 0.717) is 0 Å². The minimum Gasteiger partial charge on any atom is -0.294 e. The molecule has 3 rings (SSSR count). The van der Waals surface area contributed by atoms with Crippen molar-refractivity contribution >= 4 is 34.6 Å². The summed E-state index contributed by atoms with van der Waals surface area (Å²) in [6.07, 6.45) is 0. The molecule has 3 nitrogen and oxygen atoms in total. The monoisotopic (exact) mass is 350 g/mol. The number of hydrogen-bond donors (Lipinski definition) is 0. The molecule has 0 N–H and O–H groups in total. The minimum atomic E-state index is -2.32. The lowest BCUT2D eigenvalue weighted by Crippen LogP contribution is -2.29. The van der Waals surface area contributed by atoms with Crippen LogP contribution in [0.3, 0.4) is 0 Å². The molecule has 0 aliphatic carbocycles. The lowest BCUT2D eigenvalue weighted by atomic mass is 10.4. The topological polar surface area (TPSA) is 35.5 Å². The van der Waals surface area contributed by atoms with Crippen LogP contribution in [-0.2, 0) is 14.6 Å². The van der Waals surface area contributed by atoms with Crippen molar-refractivity contribution in [1.29, 1.82) is 0 Å². The highest BCUT2D eigenvalue weighted by Crippen LogP contribution is 2.43. The molecule has 0 fully saturated rings. The SMILES string of the molecule is COOC(=O)C=P(c1ccccc1)(c1ccccc1)c1ccccc1. The smallest absolute Gasteiger partial charge is 0.294 e. The summed E-state index contributed by atoms with van der Waals surface area (Å²) in [6.45, 7) is -2.32. The number of rotatable bonds is 5. The first-order valence-electron chi connectivity index (χ1n) is 7.93. The number of carbonyl (C=O) groups excluding carboxylic acids is 1. The highest BCUT2D eigenvalue weighted by molar-refractivity contribution is 7.95. The molecule has 0 aromatic heterocycles. The Morgan fingerprint density at radius 2 is 1.08 bits per heavy atom. The van der Waals surface area contributed by atoms with Crippen LogP contribution in [0.1, 0.15) is 0 Å². The molecule has 0 bridgehead atoms. The van der Waals surface area contributed by atoms with Gasteiger partial charge in [-0.1, -0.05) is 91.0 Å². The summed E-state index contributed by atoms with van der Waals surface area (Å²) in [5.41, 5.74) is 0. The van der Waals surface area contributed by atoms with Gasteiger partial charge in [-0.25, -0.2) is 4.79 Å². The zero-order valence-electron chi connectivity index (χ0n) is 13.9. The second-order valence-electron chi connectivity index (χ2n) is 5.43. The van der Waals surface area contributed by atoms with Gasteiger partial charge in [0.05, 0.1) is 7.11 Å². The van der Waals surface area contributed by atoms with Crippen molar-refractivity contribution in [3.05, 3.63) is 91.0 Å². The van der Waals surface area contributed by atoms with E-state index in [-0.39, 0.29) is 0 Å². The van der Waals surface area contributed by atoms with E-state index in [0.717, 1.165) is 15.9 Å². The molecule has 0 saturated heterocycles. The average molecular weight is 350 g/mol. The summed E-state index contributed by atoms with van der Waals surface area (Å²) < 4.78 is 0. The molecule has 0 amide bonds. The van der Waals surface area contributed by atoms with Gasteiger partial charge in [0.15, 0.2) is 0 Å². The summed E-state index contributed by atoms with van der Waals surface area (Å²) in [5.74, 6) is 1.18. The van der Waals surface area contributed by atoms with Crippen LogP contribution in [0.5, 0.6) is 0 Å². The zero-order chi connectivity index (χ0) is 17.5. The van der Waals surface area contributed by atoms with E-state index in [4.69, 9.17) is 4.89 Å². The summed E-state index contributed by atoms with van der Waals surface area (Å²) in [7, 11) is 1.33. The molecule has 0 heterocycles. The molecule has 3 aromatic rings. The first-order chi connectivity index (χ1) is 12.3. The van der Waals surface area contributed by atoms with Crippen molar-refractivity contribution < 1.29 is 14.6 Å². The Morgan fingerprint density at radius 3 is 1.40 bits per heavy atom. The van der Waals surface area contributed by atoms with Gasteiger partial charge in [0.25, 0.3) is 0 Å². The molecule has 0 atom stereocenters. The van der Waals surface area contributed by atoms with Gasteiger partial charge in [0.2, 0.25) is 0 Å². The third kappa shape index (κ3) is 3.58. The quantitative estimate of drug-likeness (QED) is 0.403. The van der Waals surface area contributed by atoms with Crippen molar-refractivity contribution in [2.24, 2.45) is 0 Å². The predicted molar refractivity (Wildman–Crippen MR) is 104 cm³/mol. The van der Waals surface area contributed by atoms with Gasteiger partial charge in [-0.3, -0.25) is 4.89 Å². The Bertz CT molecular complexity index is 771. The number of carbonyl (C=O) groups is 1. The van der Waals surface area contributed by atoms with Crippen LogP contribution in [0.15, 0.2) is 91.0 Å². The van der Waals surface area contributed by atoms with E-state index in [1.807, 2.05) is 54.6 Å².